The molecule has 0 aromatic carbocycles. The predicted molar refractivity (Wildman–Crippen MR) is 147 cm³/mol. The first-order valence-corrected chi connectivity index (χ1v) is 24.1. The van der Waals surface area contributed by atoms with E-state index < -0.39 is 131 Å². The minimum atomic E-state index is -9.23. The van der Waals surface area contributed by atoms with Gasteiger partial charge >= 0.3 is 119 Å². The third-order valence-electron chi connectivity index (χ3n) is 7.38. The van der Waals surface area contributed by atoms with Gasteiger partial charge in [0, 0.05) is 6.42 Å². The minimum absolute atomic E-state index is 1.71. The average Bonchev–Trinajstić information content (AvgIpc) is 3.04. The summed E-state index contributed by atoms with van der Waals surface area (Å²) in [6, 6.07) is -12.9. The molecular weight excluding hydrogens is 1230 g/mol. The lowest BCUT2D eigenvalue weighted by molar-refractivity contribution is -0.472. The zero-order valence-corrected chi connectivity index (χ0v) is 34.6. The highest BCUT2D eigenvalue weighted by atomic mass is 35.8. The summed E-state index contributed by atoms with van der Waals surface area (Å²) in [7, 11) is 0. The second-order valence-electron chi connectivity index (χ2n) is 11.9. The maximum absolute atomic E-state index is 13.4. The van der Waals surface area contributed by atoms with E-state index in [1.54, 1.807) is 0 Å². The highest BCUT2D eigenvalue weighted by Crippen LogP contribution is 2.68. The average molecular weight is 1240 g/mol. The molecule has 0 fully saturated rings. The van der Waals surface area contributed by atoms with Crippen LogP contribution in [0.5, 0.6) is 0 Å². The monoisotopic (exact) mass is 1230 g/mol. The maximum atomic E-state index is 13.4. The van der Waals surface area contributed by atoms with E-state index in [1.807, 2.05) is 0 Å². The first-order chi connectivity index (χ1) is 27.5. The molecular formula is C20H4Cl6F38Si2. The summed E-state index contributed by atoms with van der Waals surface area (Å²) in [6.45, 7) is 0. The van der Waals surface area contributed by atoms with Gasteiger partial charge in [-0.05, 0) is 6.04 Å². The van der Waals surface area contributed by atoms with Crippen LogP contribution in [-0.4, -0.2) is 119 Å². The highest BCUT2D eigenvalue weighted by Gasteiger charge is 2.99. The van der Waals surface area contributed by atoms with Crippen LogP contribution in [-0.2, 0) is 0 Å². The molecule has 66 heavy (non-hydrogen) atoms. The molecule has 0 spiro atoms. The van der Waals surface area contributed by atoms with Crippen molar-refractivity contribution in [3.63, 3.8) is 0 Å². The van der Waals surface area contributed by atoms with Crippen LogP contribution in [0.2, 0.25) is 6.04 Å². The number of hydrogen-bond donors (Lipinski definition) is 0. The van der Waals surface area contributed by atoms with Crippen LogP contribution in [0.3, 0.4) is 0 Å². The van der Waals surface area contributed by atoms with Crippen LogP contribution in [0.4, 0.5) is 167 Å². The van der Waals surface area contributed by atoms with Crippen molar-refractivity contribution < 1.29 is 167 Å². The molecule has 0 N–H and O–H groups in total. The van der Waals surface area contributed by atoms with Crippen LogP contribution in [0, 0.1) is 0 Å². The van der Waals surface area contributed by atoms with Gasteiger partial charge in [-0.25, -0.2) is 0 Å². The van der Waals surface area contributed by atoms with Crippen molar-refractivity contribution in [2.75, 3.05) is 0 Å². The maximum Gasteiger partial charge on any atom is 0.460 e. The molecule has 0 saturated carbocycles. The Morgan fingerprint density at radius 2 is 0.394 bits per heavy atom. The fraction of sp³-hybridized carbons (Fsp3) is 1.00. The third-order valence-corrected chi connectivity index (χ3v) is 13.1. The largest absolute Gasteiger partial charge is 0.460 e. The van der Waals surface area contributed by atoms with E-state index >= 15 is 0 Å². The molecule has 0 aliphatic carbocycles. The molecule has 0 aromatic heterocycles. The van der Waals surface area contributed by atoms with E-state index in [1.165, 1.54) is 0 Å². The zero-order chi connectivity index (χ0) is 55.4. The van der Waals surface area contributed by atoms with Crippen molar-refractivity contribution in [2.24, 2.45) is 0 Å². The molecule has 46 heteroatoms. The Morgan fingerprint density at radius 3 is 0.561 bits per heavy atom. The minimum Gasteiger partial charge on any atom is -0.200 e. The Hall–Kier alpha value is -0.486. The summed E-state index contributed by atoms with van der Waals surface area (Å²) in [5.74, 6) is -128. The van der Waals surface area contributed by atoms with E-state index in [2.05, 4.69) is 33.2 Å². The molecule has 0 rings (SSSR count). The van der Waals surface area contributed by atoms with Crippen LogP contribution in [0.15, 0.2) is 0 Å². The first-order valence-electron chi connectivity index (χ1n) is 13.8. The molecule has 0 aliphatic heterocycles. The molecule has 0 bridgehead atoms. The Morgan fingerprint density at radius 1 is 0.227 bits per heavy atom. The Labute approximate surface area is 364 Å². The van der Waals surface area contributed by atoms with Crippen molar-refractivity contribution in [3.05, 3.63) is 0 Å². The predicted octanol–water partition coefficient (Wildman–Crippen LogP) is 16.5. The lowest BCUT2D eigenvalue weighted by Crippen LogP contribution is -2.77. The second-order valence-corrected chi connectivity index (χ2v) is 29.7. The highest BCUT2D eigenvalue weighted by molar-refractivity contribution is 7.65. The van der Waals surface area contributed by atoms with Gasteiger partial charge in [0.25, 0.3) is 0 Å². The van der Waals surface area contributed by atoms with E-state index in [4.69, 9.17) is 33.2 Å². The number of rotatable bonds is 18. The topological polar surface area (TPSA) is 0 Å². The summed E-state index contributed by atoms with van der Waals surface area (Å²) in [4.78, 5) is 0. The molecule has 0 radical (unpaired) electrons. The number of alkyl halides is 38. The Balaban J connectivity index is 0. The van der Waals surface area contributed by atoms with Crippen molar-refractivity contribution in [1.29, 1.82) is 0 Å². The molecule has 0 atom stereocenters. The standard InChI is InChI=1S/C10Cl3F21Si.C10H4Cl3F17Si/c11-35(12,13)10(33,34)8(28,29)6(24,25)4(20,21)2(16,17)1(14,15)3(18,19)5(22,23)7(26,27)9(30,31)32;11-31(12,13)2-1-3(14,15)4(16,17)5(18,19)6(20,21)7(22,23)8(24,25)9(26,27)10(28,29)30/h;1-2H2. The third kappa shape index (κ3) is 9.75. The van der Waals surface area contributed by atoms with Gasteiger partial charge in [-0.2, -0.15) is 167 Å². The van der Waals surface area contributed by atoms with Crippen molar-refractivity contribution in [3.8, 4) is 0 Å². The van der Waals surface area contributed by atoms with Crippen LogP contribution in [0.25, 0.3) is 0 Å². The van der Waals surface area contributed by atoms with Gasteiger partial charge in [0.05, 0.1) is 0 Å². The van der Waals surface area contributed by atoms with E-state index in [0.29, 0.717) is 0 Å². The molecule has 400 valence electrons. The lowest BCUT2D eigenvalue weighted by atomic mass is 9.87. The molecule has 0 unspecified atom stereocenters. The summed E-state index contributed by atoms with van der Waals surface area (Å²) in [6.07, 6.45) is -18.5. The van der Waals surface area contributed by atoms with Gasteiger partial charge < -0.3 is 0 Å². The van der Waals surface area contributed by atoms with Gasteiger partial charge in [0.2, 0.25) is 0 Å². The first kappa shape index (κ1) is 67.6. The normalized spacial score (nSPS) is 16.9. The van der Waals surface area contributed by atoms with Gasteiger partial charge in [-0.3, -0.25) is 0 Å². The van der Waals surface area contributed by atoms with Crippen molar-refractivity contribution >= 4 is 78.5 Å². The molecule has 0 heterocycles. The molecule has 0 saturated heterocycles. The van der Waals surface area contributed by atoms with E-state index in [9.17, 15) is 167 Å². The smallest absolute Gasteiger partial charge is 0.200 e. The van der Waals surface area contributed by atoms with Crippen LogP contribution < -0.4 is 0 Å². The quantitative estimate of drug-likeness (QED) is 0.0729. The van der Waals surface area contributed by atoms with Crippen molar-refractivity contribution in [1.82, 2.24) is 0 Å². The number of halogens is 44. The number of hydrogen-bond acceptors (Lipinski definition) is 0. The van der Waals surface area contributed by atoms with Gasteiger partial charge in [-0.1, -0.05) is 0 Å². The van der Waals surface area contributed by atoms with Crippen LogP contribution in [0.1, 0.15) is 6.42 Å². The fourth-order valence-electron chi connectivity index (χ4n) is 3.39. The summed E-state index contributed by atoms with van der Waals surface area (Å²) < 4.78 is 494. The molecule has 0 aliphatic rings. The summed E-state index contributed by atoms with van der Waals surface area (Å²) >= 11 is 27.5. The van der Waals surface area contributed by atoms with E-state index in [-0.39, 0.29) is 0 Å². The van der Waals surface area contributed by atoms with Gasteiger partial charge in [0.15, 0.2) is 0 Å². The molecule has 0 amide bonds. The lowest BCUT2D eigenvalue weighted by Gasteiger charge is -2.45. The molecule has 0 aromatic rings. The second kappa shape index (κ2) is 17.6. The summed E-state index contributed by atoms with van der Waals surface area (Å²) in [5.41, 5.74) is -7.15. The van der Waals surface area contributed by atoms with E-state index in [0.717, 1.165) is 0 Å². The summed E-state index contributed by atoms with van der Waals surface area (Å²) in [5, 5.41) is 0. The Kier molecular flexibility index (Phi) is 18.1. The van der Waals surface area contributed by atoms with Crippen LogP contribution >= 0.6 is 66.5 Å². The fourth-order valence-corrected chi connectivity index (χ4v) is 6.42. The Bertz CT molecular complexity index is 1620. The zero-order valence-electron chi connectivity index (χ0n) is 28.0. The van der Waals surface area contributed by atoms with Gasteiger partial charge in [0.1, 0.15) is 0 Å². The van der Waals surface area contributed by atoms with Crippen molar-refractivity contribution in [2.45, 2.75) is 119 Å². The SMILES string of the molecule is FC(F)(F)C(F)(F)C(F)(F)C(F)(F)C(F)(F)C(F)(F)C(F)(F)C(F)(F)C(F)(F)C(F)(F)[Si](Cl)(Cl)Cl.FC(F)(F)C(F)(F)C(F)(F)C(F)(F)C(F)(F)C(F)(F)C(F)(F)C(F)(F)CC[Si](Cl)(Cl)Cl. The molecule has 0 nitrogen and oxygen atoms in total. The van der Waals surface area contributed by atoms with Gasteiger partial charge in [-0.15, -0.1) is 66.5 Å².